The molecule has 1 fully saturated rings. The molecule has 2 aromatic carbocycles. The van der Waals surface area contributed by atoms with E-state index in [0.717, 1.165) is 39.3 Å². The lowest BCUT2D eigenvalue weighted by molar-refractivity contribution is 0.0357. The van der Waals surface area contributed by atoms with Crippen molar-refractivity contribution < 1.29 is 9.84 Å². The highest BCUT2D eigenvalue weighted by molar-refractivity contribution is 5.63. The molecule has 3 nitrogen and oxygen atoms in total. The zero-order chi connectivity index (χ0) is 15.9. The third-order valence-electron chi connectivity index (χ3n) is 4.61. The molecule has 122 valence electrons. The minimum absolute atomic E-state index is 0.203. The molecule has 0 spiro atoms. The maximum Gasteiger partial charge on any atom is 0.0594 e. The molecule has 3 rings (SSSR count). The van der Waals surface area contributed by atoms with Gasteiger partial charge in [0.1, 0.15) is 0 Å². The average Bonchev–Trinajstić information content (AvgIpc) is 2.64. The van der Waals surface area contributed by atoms with Gasteiger partial charge in [0.2, 0.25) is 0 Å². The van der Waals surface area contributed by atoms with Gasteiger partial charge in [0, 0.05) is 25.6 Å². The Hall–Kier alpha value is -1.68. The van der Waals surface area contributed by atoms with Crippen LogP contribution in [-0.2, 0) is 4.74 Å². The highest BCUT2D eigenvalue weighted by Gasteiger charge is 2.15. The van der Waals surface area contributed by atoms with Gasteiger partial charge in [0.15, 0.2) is 0 Å². The molecule has 0 aromatic heterocycles. The number of nitrogens with zero attached hydrogens (tertiary/aromatic N) is 1. The summed E-state index contributed by atoms with van der Waals surface area (Å²) in [5, 5.41) is 9.75. The van der Waals surface area contributed by atoms with Crippen molar-refractivity contribution >= 4 is 0 Å². The summed E-state index contributed by atoms with van der Waals surface area (Å²) in [6.07, 6.45) is 0.987. The normalized spacial score (nSPS) is 17.1. The Labute approximate surface area is 138 Å². The molecule has 1 heterocycles. The van der Waals surface area contributed by atoms with E-state index in [4.69, 9.17) is 4.74 Å². The first kappa shape index (κ1) is 16.2. The zero-order valence-corrected chi connectivity index (χ0v) is 13.5. The predicted molar refractivity (Wildman–Crippen MR) is 93.6 cm³/mol. The van der Waals surface area contributed by atoms with Crippen LogP contribution in [0.15, 0.2) is 54.6 Å². The monoisotopic (exact) mass is 311 g/mol. The second-order valence-electron chi connectivity index (χ2n) is 6.11. The van der Waals surface area contributed by atoms with Gasteiger partial charge in [-0.3, -0.25) is 4.90 Å². The summed E-state index contributed by atoms with van der Waals surface area (Å²) in [5.41, 5.74) is 3.67. The van der Waals surface area contributed by atoms with E-state index in [0.29, 0.717) is 0 Å². The lowest BCUT2D eigenvalue weighted by Crippen LogP contribution is -2.37. The molecule has 0 bridgehead atoms. The molecule has 23 heavy (non-hydrogen) atoms. The second-order valence-corrected chi connectivity index (χ2v) is 6.11. The molecule has 3 heteroatoms. The van der Waals surface area contributed by atoms with Crippen LogP contribution >= 0.6 is 0 Å². The maximum absolute atomic E-state index is 9.75. The molecule has 0 amide bonds. The Bertz CT molecular complexity index is 576. The molecule has 1 atom stereocenters. The van der Waals surface area contributed by atoms with Crippen LogP contribution in [0, 0.1) is 0 Å². The largest absolute Gasteiger partial charge is 0.396 e. The van der Waals surface area contributed by atoms with E-state index in [-0.39, 0.29) is 12.5 Å². The number of morpholine rings is 1. The van der Waals surface area contributed by atoms with Crippen LogP contribution < -0.4 is 0 Å². The molecular formula is C20H25NO2. The van der Waals surface area contributed by atoms with Crippen LogP contribution in [0.5, 0.6) is 0 Å². The first-order valence-corrected chi connectivity index (χ1v) is 8.43. The van der Waals surface area contributed by atoms with Gasteiger partial charge in [-0.1, -0.05) is 54.6 Å². The van der Waals surface area contributed by atoms with Gasteiger partial charge in [0.25, 0.3) is 0 Å². The Morgan fingerprint density at radius 2 is 1.57 bits per heavy atom. The van der Waals surface area contributed by atoms with Gasteiger partial charge in [-0.05, 0) is 29.7 Å². The smallest absolute Gasteiger partial charge is 0.0594 e. The highest BCUT2D eigenvalue weighted by atomic mass is 16.5. The molecule has 0 aliphatic carbocycles. The first-order chi connectivity index (χ1) is 11.4. The quantitative estimate of drug-likeness (QED) is 0.889. The van der Waals surface area contributed by atoms with Crippen LogP contribution in [0.2, 0.25) is 0 Å². The predicted octanol–water partition coefficient (Wildman–Crippen LogP) is 3.15. The van der Waals surface area contributed by atoms with Gasteiger partial charge in [-0.2, -0.15) is 0 Å². The number of aliphatic hydroxyl groups is 1. The summed E-state index contributed by atoms with van der Waals surface area (Å²) in [6, 6.07) is 19.0. The van der Waals surface area contributed by atoms with Crippen LogP contribution in [0.1, 0.15) is 17.9 Å². The standard InChI is InChI=1S/C20H25NO2/c22-16-20(10-11-21-12-14-23-15-13-21)19-8-6-18(7-9-19)17-4-2-1-3-5-17/h1-9,20,22H,10-16H2. The van der Waals surface area contributed by atoms with Crippen LogP contribution in [0.4, 0.5) is 0 Å². The number of benzene rings is 2. The van der Waals surface area contributed by atoms with Crippen LogP contribution in [0.25, 0.3) is 11.1 Å². The zero-order valence-electron chi connectivity index (χ0n) is 13.5. The van der Waals surface area contributed by atoms with Crippen LogP contribution in [-0.4, -0.2) is 49.5 Å². The fraction of sp³-hybridized carbons (Fsp3) is 0.400. The Morgan fingerprint density at radius 3 is 2.22 bits per heavy atom. The summed E-state index contributed by atoms with van der Waals surface area (Å²) >= 11 is 0. The van der Waals surface area contributed by atoms with Crippen molar-refractivity contribution in [3.05, 3.63) is 60.2 Å². The van der Waals surface area contributed by atoms with Gasteiger partial charge < -0.3 is 9.84 Å². The Kier molecular flexibility index (Phi) is 5.81. The highest BCUT2D eigenvalue weighted by Crippen LogP contribution is 2.24. The lowest BCUT2D eigenvalue weighted by Gasteiger charge is -2.28. The number of hydrogen-bond donors (Lipinski definition) is 1. The fourth-order valence-corrected chi connectivity index (χ4v) is 3.10. The molecule has 0 saturated carbocycles. The molecule has 2 aromatic rings. The van der Waals surface area contributed by atoms with E-state index in [1.165, 1.54) is 16.7 Å². The summed E-state index contributed by atoms with van der Waals surface area (Å²) < 4.78 is 5.38. The summed E-state index contributed by atoms with van der Waals surface area (Å²) in [4.78, 5) is 2.42. The van der Waals surface area contributed by atoms with E-state index in [1.807, 2.05) is 6.07 Å². The Balaban J connectivity index is 1.62. The van der Waals surface area contributed by atoms with Crippen molar-refractivity contribution in [1.82, 2.24) is 4.90 Å². The number of hydrogen-bond acceptors (Lipinski definition) is 3. The molecule has 0 radical (unpaired) electrons. The first-order valence-electron chi connectivity index (χ1n) is 8.43. The number of ether oxygens (including phenoxy) is 1. The minimum Gasteiger partial charge on any atom is -0.396 e. The third-order valence-corrected chi connectivity index (χ3v) is 4.61. The van der Waals surface area contributed by atoms with Gasteiger partial charge >= 0.3 is 0 Å². The summed E-state index contributed by atoms with van der Waals surface area (Å²) in [5.74, 6) is 0.211. The summed E-state index contributed by atoms with van der Waals surface area (Å²) in [7, 11) is 0. The topological polar surface area (TPSA) is 32.7 Å². The van der Waals surface area contributed by atoms with E-state index in [1.54, 1.807) is 0 Å². The van der Waals surface area contributed by atoms with E-state index in [2.05, 4.69) is 53.4 Å². The minimum atomic E-state index is 0.203. The van der Waals surface area contributed by atoms with Gasteiger partial charge in [-0.25, -0.2) is 0 Å². The van der Waals surface area contributed by atoms with Crippen molar-refractivity contribution in [3.63, 3.8) is 0 Å². The van der Waals surface area contributed by atoms with Crippen molar-refractivity contribution in [2.75, 3.05) is 39.5 Å². The second kappa shape index (κ2) is 8.25. The molecular weight excluding hydrogens is 286 g/mol. The number of rotatable bonds is 6. The van der Waals surface area contributed by atoms with Crippen molar-refractivity contribution in [2.45, 2.75) is 12.3 Å². The van der Waals surface area contributed by atoms with Gasteiger partial charge in [0.05, 0.1) is 13.2 Å². The van der Waals surface area contributed by atoms with Crippen LogP contribution in [0.3, 0.4) is 0 Å². The molecule has 1 aliphatic rings. The molecule has 1 unspecified atom stereocenters. The number of aliphatic hydroxyl groups excluding tert-OH is 1. The van der Waals surface area contributed by atoms with E-state index < -0.39 is 0 Å². The van der Waals surface area contributed by atoms with Gasteiger partial charge in [-0.15, -0.1) is 0 Å². The van der Waals surface area contributed by atoms with Crippen molar-refractivity contribution in [1.29, 1.82) is 0 Å². The van der Waals surface area contributed by atoms with Crippen molar-refractivity contribution in [2.24, 2.45) is 0 Å². The lowest BCUT2D eigenvalue weighted by atomic mass is 9.94. The fourth-order valence-electron chi connectivity index (χ4n) is 3.10. The SMILES string of the molecule is OCC(CCN1CCOCC1)c1ccc(-c2ccccc2)cc1. The molecule has 1 aliphatic heterocycles. The summed E-state index contributed by atoms with van der Waals surface area (Å²) in [6.45, 7) is 4.89. The van der Waals surface area contributed by atoms with E-state index in [9.17, 15) is 5.11 Å². The maximum atomic E-state index is 9.75. The third kappa shape index (κ3) is 4.41. The Morgan fingerprint density at radius 1 is 0.913 bits per heavy atom. The van der Waals surface area contributed by atoms with E-state index >= 15 is 0 Å². The molecule has 1 N–H and O–H groups in total. The van der Waals surface area contributed by atoms with Crippen molar-refractivity contribution in [3.8, 4) is 11.1 Å². The molecule has 1 saturated heterocycles. The average molecular weight is 311 g/mol.